The maximum atomic E-state index is 5.92. The number of H-pyrrole nitrogens is 1. The standard InChI is InChI=1S/C16H13ClN4OS/c1-22-14-4-2-3-11(9-14)10-18-21-15(19-20-16(21)23)12-5-7-13(17)8-6-12/h2-10H,1H3,(H,20,23)/b18-10-. The van der Waals surface area contributed by atoms with Crippen molar-refractivity contribution in [2.24, 2.45) is 5.10 Å². The van der Waals surface area contributed by atoms with Gasteiger partial charge in [-0.3, -0.25) is 0 Å². The number of aromatic nitrogens is 3. The van der Waals surface area contributed by atoms with Crippen LogP contribution in [0.2, 0.25) is 5.02 Å². The highest BCUT2D eigenvalue weighted by molar-refractivity contribution is 7.71. The number of nitrogens with zero attached hydrogens (tertiary/aromatic N) is 3. The van der Waals surface area contributed by atoms with E-state index in [1.165, 1.54) is 0 Å². The van der Waals surface area contributed by atoms with E-state index in [4.69, 9.17) is 28.6 Å². The van der Waals surface area contributed by atoms with Crippen LogP contribution in [0.4, 0.5) is 0 Å². The quantitative estimate of drug-likeness (QED) is 0.571. The van der Waals surface area contributed by atoms with Gasteiger partial charge in [0.1, 0.15) is 5.75 Å². The van der Waals surface area contributed by atoms with Crippen LogP contribution in [0.3, 0.4) is 0 Å². The normalized spacial score (nSPS) is 11.0. The largest absolute Gasteiger partial charge is 0.497 e. The van der Waals surface area contributed by atoms with Crippen LogP contribution < -0.4 is 4.74 Å². The predicted octanol–water partition coefficient (Wildman–Crippen LogP) is 4.15. The third-order valence-corrected chi connectivity index (χ3v) is 3.69. The van der Waals surface area contributed by atoms with Crippen LogP contribution in [-0.4, -0.2) is 28.2 Å². The van der Waals surface area contributed by atoms with E-state index in [9.17, 15) is 0 Å². The molecule has 0 aliphatic rings. The van der Waals surface area contributed by atoms with E-state index >= 15 is 0 Å². The highest BCUT2D eigenvalue weighted by atomic mass is 35.5. The summed E-state index contributed by atoms with van der Waals surface area (Å²) in [7, 11) is 1.63. The van der Waals surface area contributed by atoms with Crippen molar-refractivity contribution in [1.82, 2.24) is 14.9 Å². The van der Waals surface area contributed by atoms with Gasteiger partial charge in [0.05, 0.1) is 13.3 Å². The maximum Gasteiger partial charge on any atom is 0.216 e. The lowest BCUT2D eigenvalue weighted by atomic mass is 10.2. The monoisotopic (exact) mass is 344 g/mol. The second-order valence-corrected chi connectivity index (χ2v) is 5.52. The number of halogens is 1. The molecule has 0 fully saturated rings. The van der Waals surface area contributed by atoms with Gasteiger partial charge in [-0.25, -0.2) is 5.10 Å². The molecule has 0 saturated heterocycles. The van der Waals surface area contributed by atoms with Gasteiger partial charge in [-0.05, 0) is 54.2 Å². The molecule has 0 spiro atoms. The lowest BCUT2D eigenvalue weighted by Crippen LogP contribution is -1.95. The van der Waals surface area contributed by atoms with Crippen LogP contribution >= 0.6 is 23.8 Å². The third kappa shape index (κ3) is 3.49. The fourth-order valence-electron chi connectivity index (χ4n) is 2.03. The zero-order chi connectivity index (χ0) is 16.2. The molecule has 0 bridgehead atoms. The van der Waals surface area contributed by atoms with Gasteiger partial charge in [0.25, 0.3) is 0 Å². The molecule has 0 unspecified atom stereocenters. The molecule has 1 N–H and O–H groups in total. The minimum absolute atomic E-state index is 0.411. The number of nitrogens with one attached hydrogen (secondary N) is 1. The van der Waals surface area contributed by atoms with E-state index in [1.54, 1.807) is 30.1 Å². The van der Waals surface area contributed by atoms with Gasteiger partial charge in [-0.1, -0.05) is 23.7 Å². The summed E-state index contributed by atoms with van der Waals surface area (Å²) < 4.78 is 7.18. The van der Waals surface area contributed by atoms with Gasteiger partial charge in [-0.15, -0.1) is 0 Å². The number of aromatic amines is 1. The highest BCUT2D eigenvalue weighted by Crippen LogP contribution is 2.20. The van der Waals surface area contributed by atoms with E-state index < -0.39 is 0 Å². The summed E-state index contributed by atoms with van der Waals surface area (Å²) >= 11 is 11.2. The number of benzene rings is 2. The van der Waals surface area contributed by atoms with Crippen LogP contribution in [-0.2, 0) is 0 Å². The van der Waals surface area contributed by atoms with Gasteiger partial charge in [0, 0.05) is 10.6 Å². The first kappa shape index (κ1) is 15.5. The van der Waals surface area contributed by atoms with Crippen molar-refractivity contribution < 1.29 is 4.74 Å². The first-order valence-electron chi connectivity index (χ1n) is 6.79. The second-order valence-electron chi connectivity index (χ2n) is 4.69. The van der Waals surface area contributed by atoms with Gasteiger partial charge in [-0.2, -0.15) is 14.9 Å². The van der Waals surface area contributed by atoms with Crippen molar-refractivity contribution >= 4 is 30.0 Å². The predicted molar refractivity (Wildman–Crippen MR) is 93.8 cm³/mol. The summed E-state index contributed by atoms with van der Waals surface area (Å²) in [5, 5.41) is 12.1. The molecule has 7 heteroatoms. The molecule has 0 atom stereocenters. The lowest BCUT2D eigenvalue weighted by Gasteiger charge is -2.02. The number of rotatable bonds is 4. The summed E-state index contributed by atoms with van der Waals surface area (Å²) in [6.45, 7) is 0. The smallest absolute Gasteiger partial charge is 0.216 e. The average Bonchev–Trinajstić information content (AvgIpc) is 2.94. The summed E-state index contributed by atoms with van der Waals surface area (Å²) in [4.78, 5) is 0. The number of ether oxygens (including phenoxy) is 1. The van der Waals surface area contributed by atoms with Crippen molar-refractivity contribution in [2.45, 2.75) is 0 Å². The van der Waals surface area contributed by atoms with Crippen LogP contribution in [0.5, 0.6) is 5.75 Å². The number of hydrogen-bond donors (Lipinski definition) is 1. The Balaban J connectivity index is 1.97. The molecule has 5 nitrogen and oxygen atoms in total. The Labute approximate surface area is 143 Å². The van der Waals surface area contributed by atoms with Crippen LogP contribution in [0.25, 0.3) is 11.4 Å². The third-order valence-electron chi connectivity index (χ3n) is 3.17. The maximum absolute atomic E-state index is 5.92. The van der Waals surface area contributed by atoms with Crippen molar-refractivity contribution in [3.8, 4) is 17.1 Å². The highest BCUT2D eigenvalue weighted by Gasteiger charge is 2.07. The molecule has 2 aromatic carbocycles. The van der Waals surface area contributed by atoms with Crippen molar-refractivity contribution in [3.63, 3.8) is 0 Å². The van der Waals surface area contributed by atoms with E-state index in [2.05, 4.69) is 15.3 Å². The second kappa shape index (κ2) is 6.76. The molecule has 1 heterocycles. The molecule has 116 valence electrons. The Kier molecular flexibility index (Phi) is 4.55. The topological polar surface area (TPSA) is 55.2 Å². The van der Waals surface area contributed by atoms with Crippen molar-refractivity contribution in [1.29, 1.82) is 0 Å². The van der Waals surface area contributed by atoms with Crippen LogP contribution in [0, 0.1) is 4.77 Å². The van der Waals surface area contributed by atoms with Crippen LogP contribution in [0.1, 0.15) is 5.56 Å². The minimum Gasteiger partial charge on any atom is -0.497 e. The SMILES string of the molecule is COc1cccc(/C=N\n2c(-c3ccc(Cl)cc3)n[nH]c2=S)c1. The van der Waals surface area contributed by atoms with Gasteiger partial charge < -0.3 is 4.74 Å². The number of hydrogen-bond acceptors (Lipinski definition) is 4. The molecule has 3 aromatic rings. The molecule has 0 aliphatic heterocycles. The molecular formula is C16H13ClN4OS. The fourth-order valence-corrected chi connectivity index (χ4v) is 2.34. The molecule has 0 saturated carbocycles. The van der Waals surface area contributed by atoms with Gasteiger partial charge in [0.15, 0.2) is 5.82 Å². The molecule has 23 heavy (non-hydrogen) atoms. The van der Waals surface area contributed by atoms with E-state index in [0.29, 0.717) is 15.6 Å². The molecule has 0 radical (unpaired) electrons. The van der Waals surface area contributed by atoms with Crippen LogP contribution in [0.15, 0.2) is 53.6 Å². The Morgan fingerprint density at radius 2 is 2.04 bits per heavy atom. The minimum atomic E-state index is 0.411. The number of methoxy groups -OCH3 is 1. The summed E-state index contributed by atoms with van der Waals surface area (Å²) in [5.41, 5.74) is 1.76. The summed E-state index contributed by atoms with van der Waals surface area (Å²) in [6, 6.07) is 14.9. The first-order valence-corrected chi connectivity index (χ1v) is 7.58. The summed E-state index contributed by atoms with van der Waals surface area (Å²) in [6.07, 6.45) is 1.70. The average molecular weight is 345 g/mol. The Hall–Kier alpha value is -2.44. The van der Waals surface area contributed by atoms with Gasteiger partial charge >= 0.3 is 0 Å². The first-order chi connectivity index (χ1) is 11.2. The molecule has 3 rings (SSSR count). The Morgan fingerprint density at radius 1 is 1.26 bits per heavy atom. The molecular weight excluding hydrogens is 332 g/mol. The van der Waals surface area contributed by atoms with E-state index in [0.717, 1.165) is 16.9 Å². The lowest BCUT2D eigenvalue weighted by molar-refractivity contribution is 0.415. The Bertz CT molecular complexity index is 899. The van der Waals surface area contributed by atoms with Crippen molar-refractivity contribution in [3.05, 3.63) is 63.9 Å². The molecule has 0 amide bonds. The zero-order valence-corrected chi connectivity index (χ0v) is 13.8. The van der Waals surface area contributed by atoms with Gasteiger partial charge in [0.2, 0.25) is 4.77 Å². The Morgan fingerprint density at radius 3 is 2.78 bits per heavy atom. The van der Waals surface area contributed by atoms with Crippen molar-refractivity contribution in [2.75, 3.05) is 7.11 Å². The van der Waals surface area contributed by atoms with E-state index in [1.807, 2.05) is 36.4 Å². The molecule has 0 aliphatic carbocycles. The van der Waals surface area contributed by atoms with E-state index in [-0.39, 0.29) is 0 Å². The zero-order valence-electron chi connectivity index (χ0n) is 12.2. The molecule has 1 aromatic heterocycles. The fraction of sp³-hybridized carbons (Fsp3) is 0.0625. The summed E-state index contributed by atoms with van der Waals surface area (Å²) in [5.74, 6) is 1.38.